The predicted octanol–water partition coefficient (Wildman–Crippen LogP) is -3.37. The van der Waals surface area contributed by atoms with E-state index in [2.05, 4.69) is 46.6 Å². The van der Waals surface area contributed by atoms with Gasteiger partial charge in [0.2, 0.25) is 29.5 Å². The van der Waals surface area contributed by atoms with E-state index < -0.39 is 120 Å². The Labute approximate surface area is 554 Å². The monoisotopic (exact) mass is 1340 g/mol. The number of ketones is 6. The van der Waals surface area contributed by atoms with Gasteiger partial charge in [0.05, 0.1) is 61.3 Å². The molecule has 540 valence electrons. The first-order valence-corrected chi connectivity index (χ1v) is 31.9. The van der Waals surface area contributed by atoms with Gasteiger partial charge in [0.1, 0.15) is 0 Å². The molecule has 0 radical (unpaired) electrons. The van der Waals surface area contributed by atoms with Crippen LogP contribution in [0.3, 0.4) is 0 Å². The number of nitrogens with zero attached hydrogens (tertiary/aromatic N) is 4. The third kappa shape index (κ3) is 41.8. The Morgan fingerprint density at radius 3 is 0.936 bits per heavy atom. The van der Waals surface area contributed by atoms with Crippen LogP contribution in [0.2, 0.25) is 0 Å². The molecular weight excluding hydrogens is 1220 g/mol. The SMILES string of the molecule is C.CC(=O)N[C@H](C(=O)C[C@@H](CO)C(=O)N[C@@H](CCCCN)C(=O)C[C@@H](CCCN=C(N)N)C(=O)N[C@@H](CCCN=C(N)N)C(C)=O)C(C)C.CC(=O)[C@H](CCCN=C(N)N)NC(=O)[C@H](CCCN=C(N)N)CC(=O)[C@H](CCCCN)NC(=O)[C@H](CO)CC(=O)[C@@H](N)C(C)C. The molecule has 0 unspecified atom stereocenters. The zero-order valence-corrected chi connectivity index (χ0v) is 55.8. The van der Waals surface area contributed by atoms with Crippen LogP contribution >= 0.6 is 0 Å². The molecule has 0 spiro atoms. The molecular formula is C61H118N20O13. The number of nitrogens with two attached hydrogens (primary N) is 11. The van der Waals surface area contributed by atoms with E-state index in [0.29, 0.717) is 64.5 Å². The summed E-state index contributed by atoms with van der Waals surface area (Å²) in [5, 5.41) is 33.2. The maximum atomic E-state index is 13.7. The van der Waals surface area contributed by atoms with Crippen LogP contribution in [-0.2, 0) is 52.7 Å². The van der Waals surface area contributed by atoms with E-state index in [1.165, 1.54) is 20.8 Å². The van der Waals surface area contributed by atoms with Gasteiger partial charge in [-0.2, -0.15) is 0 Å². The van der Waals surface area contributed by atoms with E-state index in [1.807, 2.05) is 0 Å². The highest BCUT2D eigenvalue weighted by Crippen LogP contribution is 2.21. The van der Waals surface area contributed by atoms with Crippen molar-refractivity contribution in [2.24, 2.45) is 119 Å². The molecule has 0 fully saturated rings. The van der Waals surface area contributed by atoms with E-state index in [9.17, 15) is 63.0 Å². The van der Waals surface area contributed by atoms with Crippen LogP contribution in [0.25, 0.3) is 0 Å². The van der Waals surface area contributed by atoms with Crippen LogP contribution in [0, 0.1) is 35.5 Å². The van der Waals surface area contributed by atoms with Gasteiger partial charge in [-0.25, -0.2) is 0 Å². The van der Waals surface area contributed by atoms with Gasteiger partial charge in [0.25, 0.3) is 0 Å². The Kier molecular flexibility index (Phi) is 49.7. The van der Waals surface area contributed by atoms with Gasteiger partial charge in [0.15, 0.2) is 58.5 Å². The van der Waals surface area contributed by atoms with Crippen molar-refractivity contribution in [3.8, 4) is 0 Å². The Bertz CT molecular complexity index is 2460. The summed E-state index contributed by atoms with van der Waals surface area (Å²) in [6.45, 7) is 11.4. The van der Waals surface area contributed by atoms with Gasteiger partial charge < -0.3 is 99.9 Å². The first-order valence-electron chi connectivity index (χ1n) is 31.9. The molecule has 0 aliphatic rings. The molecule has 94 heavy (non-hydrogen) atoms. The number of hydrogen-bond donors (Lipinski definition) is 18. The highest BCUT2D eigenvalue weighted by Gasteiger charge is 2.35. The average molecular weight is 1340 g/mol. The lowest BCUT2D eigenvalue weighted by molar-refractivity contribution is -0.136. The van der Waals surface area contributed by atoms with E-state index in [4.69, 9.17) is 63.1 Å². The van der Waals surface area contributed by atoms with Gasteiger partial charge in [-0.1, -0.05) is 35.1 Å². The second-order valence-corrected chi connectivity index (χ2v) is 23.9. The Balaban J connectivity index is -0.00000175. The largest absolute Gasteiger partial charge is 0.396 e. The van der Waals surface area contributed by atoms with Gasteiger partial charge in [-0.05, 0) is 129 Å². The molecule has 0 heterocycles. The second-order valence-electron chi connectivity index (χ2n) is 23.9. The summed E-state index contributed by atoms with van der Waals surface area (Å²) in [5.74, 6) is -9.90. The molecule has 33 nitrogen and oxygen atoms in total. The molecule has 5 amide bonds. The molecule has 0 aromatic heterocycles. The van der Waals surface area contributed by atoms with Crippen molar-refractivity contribution < 1.29 is 63.0 Å². The van der Waals surface area contributed by atoms with Crippen LogP contribution in [0.5, 0.6) is 0 Å². The fraction of sp³-hybridized carbons (Fsp3) is 0.754. The lowest BCUT2D eigenvalue weighted by Crippen LogP contribution is -2.49. The van der Waals surface area contributed by atoms with Crippen molar-refractivity contribution >= 4 is 88.1 Å². The number of carbonyl (C=O) groups is 11. The molecule has 10 atom stereocenters. The lowest BCUT2D eigenvalue weighted by Gasteiger charge is -2.25. The molecule has 0 saturated carbocycles. The summed E-state index contributed by atoms with van der Waals surface area (Å²) in [7, 11) is 0. The zero-order chi connectivity index (χ0) is 71.3. The summed E-state index contributed by atoms with van der Waals surface area (Å²) >= 11 is 0. The normalized spacial score (nSPS) is 14.1. The number of unbranched alkanes of at least 4 members (excludes halogenated alkanes) is 2. The van der Waals surface area contributed by atoms with E-state index in [-0.39, 0.29) is 151 Å². The van der Waals surface area contributed by atoms with E-state index in [0.717, 1.165) is 0 Å². The zero-order valence-electron chi connectivity index (χ0n) is 55.8. The molecule has 33 heteroatoms. The van der Waals surface area contributed by atoms with Crippen LogP contribution in [0.4, 0.5) is 0 Å². The fourth-order valence-corrected chi connectivity index (χ4v) is 9.48. The molecule has 0 saturated heterocycles. The third-order valence-corrected chi connectivity index (χ3v) is 15.0. The van der Waals surface area contributed by atoms with Gasteiger partial charge >= 0.3 is 0 Å². The number of aliphatic hydroxyl groups excluding tert-OH is 2. The second kappa shape index (κ2) is 51.6. The van der Waals surface area contributed by atoms with Crippen LogP contribution < -0.4 is 89.7 Å². The first kappa shape index (κ1) is 90.4. The summed E-state index contributed by atoms with van der Waals surface area (Å²) in [6, 6.07) is -5.34. The molecule has 0 rings (SSSR count). The molecule has 0 aromatic carbocycles. The van der Waals surface area contributed by atoms with Crippen LogP contribution in [0.15, 0.2) is 20.0 Å². The van der Waals surface area contributed by atoms with Gasteiger partial charge in [0, 0.05) is 70.6 Å². The fourth-order valence-electron chi connectivity index (χ4n) is 9.48. The minimum Gasteiger partial charge on any atom is -0.396 e. The van der Waals surface area contributed by atoms with Crippen molar-refractivity contribution in [2.75, 3.05) is 52.5 Å². The first-order chi connectivity index (χ1) is 43.7. The van der Waals surface area contributed by atoms with Crippen LogP contribution in [-0.4, -0.2) is 187 Å². The number of aliphatic hydroxyl groups is 2. The number of nitrogens with one attached hydrogen (secondary N) is 5. The number of rotatable bonds is 51. The summed E-state index contributed by atoms with van der Waals surface area (Å²) < 4.78 is 0. The van der Waals surface area contributed by atoms with Crippen molar-refractivity contribution in [3.05, 3.63) is 0 Å². The van der Waals surface area contributed by atoms with Crippen molar-refractivity contribution in [1.29, 1.82) is 0 Å². The highest BCUT2D eigenvalue weighted by atomic mass is 16.3. The Hall–Kier alpha value is -7.75. The minimum atomic E-state index is -1.17. The topological polar surface area (TPSA) is 624 Å². The number of guanidine groups is 4. The van der Waals surface area contributed by atoms with E-state index >= 15 is 0 Å². The van der Waals surface area contributed by atoms with Crippen molar-refractivity contribution in [2.45, 2.75) is 208 Å². The highest BCUT2D eigenvalue weighted by molar-refractivity contribution is 5.97. The summed E-state index contributed by atoms with van der Waals surface area (Å²) in [6.07, 6.45) is 3.97. The number of Topliss-reactive ketones (excluding diaryl/α,β-unsaturated/α-hetero) is 6. The van der Waals surface area contributed by atoms with E-state index in [1.54, 1.807) is 27.7 Å². The Morgan fingerprint density at radius 1 is 0.372 bits per heavy atom. The molecule has 0 aliphatic carbocycles. The summed E-state index contributed by atoms with van der Waals surface area (Å²) in [5.41, 5.74) is 60.2. The lowest BCUT2D eigenvalue weighted by atomic mass is 9.90. The Morgan fingerprint density at radius 2 is 0.660 bits per heavy atom. The smallest absolute Gasteiger partial charge is 0.226 e. The summed E-state index contributed by atoms with van der Waals surface area (Å²) in [4.78, 5) is 158. The van der Waals surface area contributed by atoms with Crippen molar-refractivity contribution in [1.82, 2.24) is 26.6 Å². The average Bonchev–Trinajstić information content (AvgIpc) is 0.905. The number of carbonyl (C=O) groups excluding carboxylic acids is 11. The number of amides is 5. The van der Waals surface area contributed by atoms with Gasteiger partial charge in [-0.3, -0.25) is 72.7 Å². The van der Waals surface area contributed by atoms with Crippen molar-refractivity contribution in [3.63, 3.8) is 0 Å². The third-order valence-electron chi connectivity index (χ3n) is 15.0. The quantitative estimate of drug-likeness (QED) is 0.0161. The minimum absolute atomic E-state index is 0. The predicted molar refractivity (Wildman–Crippen MR) is 363 cm³/mol. The maximum absolute atomic E-state index is 13.7. The maximum Gasteiger partial charge on any atom is 0.226 e. The molecule has 0 aromatic rings. The molecule has 0 bridgehead atoms. The number of aliphatic imine (C=N–C) groups is 4. The van der Waals surface area contributed by atoms with Gasteiger partial charge in [-0.15, -0.1) is 0 Å². The standard InChI is InChI=1S/C31H58N10O7.C29H56N10O6.CH4/c1-18(2)27(39-20(4)44)26(46)16-22(17-42)29(48)41-24(10-5-6-12-32)25(45)15-21(9-7-13-37-30(33)34)28(47)40-23(19(3)43)11-8-14-38-31(35)36;1-17(2)25(31)24(43)15-20(16-40)27(45)39-22(9-4-5-11-30)23(42)14-19(8-6-12-36-28(32)33)26(44)38-21(18(3)41)10-7-13-37-29(34)35;/h18,21-24,27,42H,5-17,32H2,1-4H3,(H,39,44)(H,40,47)(H,41,48)(H4,33,34,37)(H4,35,36,38);17,19-22,25,40H,4-16,30-31H2,1-3H3,(H,38,44)(H,39,45)(H4,32,33,36)(H4,34,35,37);1H4/t21-,22+,23+,24+,27+;19-,20+,21+,22+,25+;/m11./s1. The molecule has 29 N–H and O–H groups in total. The van der Waals surface area contributed by atoms with Crippen LogP contribution in [0.1, 0.15) is 171 Å². The number of hydrogen-bond acceptors (Lipinski definition) is 20. The molecule has 0 aliphatic heterocycles.